The van der Waals surface area contributed by atoms with Crippen LogP contribution in [-0.2, 0) is 11.5 Å². The largest absolute Gasteiger partial charge is 0.339 e. The van der Waals surface area contributed by atoms with Gasteiger partial charge in [-0.3, -0.25) is 15.4 Å². The number of nitrogens with zero attached hydrogens (tertiary/aromatic N) is 2. The lowest BCUT2D eigenvalue weighted by Crippen LogP contribution is -1.92. The van der Waals surface area contributed by atoms with Crippen LogP contribution in [0, 0.1) is 10.1 Å². The molecular formula is C20H15N3O4. The number of rotatable bonds is 5. The Labute approximate surface area is 154 Å². The quantitative estimate of drug-likeness (QED) is 0.302. The maximum absolute atomic E-state index is 10.9. The molecule has 0 bridgehead atoms. The fourth-order valence-electron chi connectivity index (χ4n) is 3.12. The summed E-state index contributed by atoms with van der Waals surface area (Å²) in [6.45, 7) is -0.0793. The Morgan fingerprint density at radius 2 is 1.78 bits per heavy atom. The molecule has 7 heteroatoms. The van der Waals surface area contributed by atoms with Crippen molar-refractivity contribution in [2.45, 2.75) is 6.61 Å². The number of imidazole rings is 1. The molecule has 0 aliphatic rings. The molecule has 0 unspecified atom stereocenters. The maximum Gasteiger partial charge on any atom is 0.269 e. The number of fused-ring (bicyclic) bond motifs is 1. The molecule has 0 fully saturated rings. The third-order valence-corrected chi connectivity index (χ3v) is 4.38. The van der Waals surface area contributed by atoms with Crippen LogP contribution in [0.4, 0.5) is 5.69 Å². The van der Waals surface area contributed by atoms with Crippen molar-refractivity contribution < 1.29 is 15.1 Å². The van der Waals surface area contributed by atoms with E-state index in [1.54, 1.807) is 12.1 Å². The average Bonchev–Trinajstić information content (AvgIpc) is 3.11. The number of nitrogens with one attached hydrogen (secondary N) is 1. The number of aromatic amines is 1. The van der Waals surface area contributed by atoms with E-state index in [1.165, 1.54) is 12.1 Å². The van der Waals surface area contributed by atoms with Crippen LogP contribution in [0.3, 0.4) is 0 Å². The summed E-state index contributed by atoms with van der Waals surface area (Å²) in [6, 6.07) is 20.0. The number of hydrogen-bond donors (Lipinski definition) is 2. The fourth-order valence-corrected chi connectivity index (χ4v) is 3.12. The maximum atomic E-state index is 10.9. The zero-order valence-electron chi connectivity index (χ0n) is 14.1. The summed E-state index contributed by atoms with van der Waals surface area (Å²) in [7, 11) is 0. The predicted molar refractivity (Wildman–Crippen MR) is 101 cm³/mol. The van der Waals surface area contributed by atoms with Crippen LogP contribution in [0.1, 0.15) is 5.69 Å². The zero-order valence-corrected chi connectivity index (χ0v) is 14.1. The van der Waals surface area contributed by atoms with E-state index in [4.69, 9.17) is 5.26 Å². The van der Waals surface area contributed by atoms with Gasteiger partial charge in [0.2, 0.25) is 0 Å². The molecule has 1 aromatic heterocycles. The molecule has 0 atom stereocenters. The van der Waals surface area contributed by atoms with E-state index in [2.05, 4.69) is 14.9 Å². The Hall–Kier alpha value is -3.55. The molecule has 134 valence electrons. The first-order valence-electron chi connectivity index (χ1n) is 8.25. The van der Waals surface area contributed by atoms with E-state index in [-0.39, 0.29) is 12.3 Å². The Morgan fingerprint density at radius 1 is 1.04 bits per heavy atom. The third kappa shape index (κ3) is 3.17. The van der Waals surface area contributed by atoms with Crippen molar-refractivity contribution in [2.75, 3.05) is 0 Å². The molecule has 0 aliphatic heterocycles. The highest BCUT2D eigenvalue weighted by molar-refractivity contribution is 5.95. The molecule has 0 amide bonds. The number of non-ortho nitro benzene ring substituents is 1. The molecule has 4 aromatic rings. The molecule has 0 radical (unpaired) electrons. The lowest BCUT2D eigenvalue weighted by molar-refractivity contribution is -0.384. The van der Waals surface area contributed by atoms with E-state index in [0.29, 0.717) is 22.8 Å². The monoisotopic (exact) mass is 361 g/mol. The summed E-state index contributed by atoms with van der Waals surface area (Å²) in [5.41, 5.74) is 2.76. The van der Waals surface area contributed by atoms with E-state index < -0.39 is 4.92 Å². The van der Waals surface area contributed by atoms with Crippen molar-refractivity contribution in [3.63, 3.8) is 0 Å². The summed E-state index contributed by atoms with van der Waals surface area (Å²) in [5, 5.41) is 21.9. The van der Waals surface area contributed by atoms with Gasteiger partial charge in [-0.2, -0.15) is 0 Å². The summed E-state index contributed by atoms with van der Waals surface area (Å²) >= 11 is 0. The van der Waals surface area contributed by atoms with E-state index in [1.807, 2.05) is 42.5 Å². The summed E-state index contributed by atoms with van der Waals surface area (Å²) in [4.78, 5) is 22.6. The molecule has 1 heterocycles. The second-order valence-corrected chi connectivity index (χ2v) is 6.02. The summed E-state index contributed by atoms with van der Waals surface area (Å²) < 4.78 is 0. The van der Waals surface area contributed by atoms with Gasteiger partial charge >= 0.3 is 0 Å². The van der Waals surface area contributed by atoms with Crippen molar-refractivity contribution in [1.29, 1.82) is 0 Å². The number of nitro groups is 1. The lowest BCUT2D eigenvalue weighted by Gasteiger charge is -2.03. The van der Waals surface area contributed by atoms with E-state index in [0.717, 1.165) is 16.3 Å². The smallest absolute Gasteiger partial charge is 0.269 e. The van der Waals surface area contributed by atoms with Gasteiger partial charge in [-0.15, -0.1) is 0 Å². The van der Waals surface area contributed by atoms with Gasteiger partial charge < -0.3 is 4.98 Å². The van der Waals surface area contributed by atoms with Crippen LogP contribution < -0.4 is 0 Å². The molecule has 0 aliphatic carbocycles. The second-order valence-electron chi connectivity index (χ2n) is 6.02. The van der Waals surface area contributed by atoms with Crippen LogP contribution >= 0.6 is 0 Å². The number of nitro benzene ring substituents is 1. The molecule has 0 saturated carbocycles. The Balaban J connectivity index is 1.84. The van der Waals surface area contributed by atoms with Gasteiger partial charge in [-0.05, 0) is 22.9 Å². The number of aromatic nitrogens is 2. The standard InChI is InChI=1S/C20H15N3O4/c24-23(25)15-10-8-14(9-11-15)19-18(12-27-26)21-20(22-19)17-7-3-5-13-4-1-2-6-16(13)17/h1-11,26H,12H2,(H,21,22). The van der Waals surface area contributed by atoms with Crippen LogP contribution in [0.2, 0.25) is 0 Å². The number of hydrogen-bond acceptors (Lipinski definition) is 5. The first-order valence-corrected chi connectivity index (χ1v) is 8.25. The van der Waals surface area contributed by atoms with Gasteiger partial charge in [0, 0.05) is 23.3 Å². The van der Waals surface area contributed by atoms with Crippen LogP contribution in [0.25, 0.3) is 33.4 Å². The summed E-state index contributed by atoms with van der Waals surface area (Å²) in [5.74, 6) is 0.632. The molecule has 27 heavy (non-hydrogen) atoms. The fraction of sp³-hybridized carbons (Fsp3) is 0.0500. The van der Waals surface area contributed by atoms with E-state index >= 15 is 0 Å². The van der Waals surface area contributed by atoms with Crippen molar-refractivity contribution in [1.82, 2.24) is 9.97 Å². The molecule has 0 saturated heterocycles. The molecule has 7 nitrogen and oxygen atoms in total. The van der Waals surface area contributed by atoms with Gasteiger partial charge in [0.25, 0.3) is 5.69 Å². The van der Waals surface area contributed by atoms with Crippen molar-refractivity contribution in [3.8, 4) is 22.6 Å². The SMILES string of the molecule is O=[N+]([O-])c1ccc(-c2nc(-c3cccc4ccccc34)[nH]c2COO)cc1. The molecular weight excluding hydrogens is 346 g/mol. The van der Waals surface area contributed by atoms with Gasteiger partial charge in [0.15, 0.2) is 0 Å². The molecule has 4 rings (SSSR count). The van der Waals surface area contributed by atoms with Crippen molar-refractivity contribution in [3.05, 3.63) is 82.5 Å². The van der Waals surface area contributed by atoms with Gasteiger partial charge in [-0.1, -0.05) is 42.5 Å². The normalized spacial score (nSPS) is 11.0. The minimum atomic E-state index is -0.451. The van der Waals surface area contributed by atoms with Crippen LogP contribution in [-0.4, -0.2) is 20.1 Å². The van der Waals surface area contributed by atoms with Crippen molar-refractivity contribution in [2.24, 2.45) is 0 Å². The van der Waals surface area contributed by atoms with Gasteiger partial charge in [0.05, 0.1) is 16.3 Å². The first kappa shape index (κ1) is 16.9. The average molecular weight is 361 g/mol. The highest BCUT2D eigenvalue weighted by atomic mass is 17.1. The van der Waals surface area contributed by atoms with Crippen LogP contribution in [0.5, 0.6) is 0 Å². The van der Waals surface area contributed by atoms with Crippen molar-refractivity contribution >= 4 is 16.5 Å². The Bertz CT molecular complexity index is 1110. The number of benzene rings is 3. The summed E-state index contributed by atoms with van der Waals surface area (Å²) in [6.07, 6.45) is 0. The minimum Gasteiger partial charge on any atom is -0.339 e. The van der Waals surface area contributed by atoms with Crippen LogP contribution in [0.15, 0.2) is 66.7 Å². The van der Waals surface area contributed by atoms with E-state index in [9.17, 15) is 10.1 Å². The second kappa shape index (κ2) is 6.99. The third-order valence-electron chi connectivity index (χ3n) is 4.38. The zero-order chi connectivity index (χ0) is 18.8. The van der Waals surface area contributed by atoms with Gasteiger partial charge in [0.1, 0.15) is 12.4 Å². The van der Waals surface area contributed by atoms with Gasteiger partial charge in [-0.25, -0.2) is 9.87 Å². The molecule has 2 N–H and O–H groups in total. The minimum absolute atomic E-state index is 0.00326. The lowest BCUT2D eigenvalue weighted by atomic mass is 10.0. The molecule has 0 spiro atoms. The molecule has 3 aromatic carbocycles. The Morgan fingerprint density at radius 3 is 2.52 bits per heavy atom. The first-order chi connectivity index (χ1) is 13.2. The Kier molecular flexibility index (Phi) is 4.37. The highest BCUT2D eigenvalue weighted by Crippen LogP contribution is 2.31. The topological polar surface area (TPSA) is 101 Å². The highest BCUT2D eigenvalue weighted by Gasteiger charge is 2.16. The predicted octanol–water partition coefficient (Wildman–Crippen LogP) is 4.79. The number of H-pyrrole nitrogens is 1.